The van der Waals surface area contributed by atoms with Crippen molar-refractivity contribution in [2.75, 3.05) is 0 Å². The maximum Gasteiger partial charge on any atom is 0.309 e. The Hall–Kier alpha value is -1.32. The van der Waals surface area contributed by atoms with Crippen LogP contribution in [0.2, 0.25) is 0 Å². The van der Waals surface area contributed by atoms with Gasteiger partial charge in [0.1, 0.15) is 5.82 Å². The largest absolute Gasteiger partial charge is 0.481 e. The van der Waals surface area contributed by atoms with E-state index >= 15 is 0 Å². The molecule has 0 spiro atoms. The minimum absolute atomic E-state index is 0.0417. The Morgan fingerprint density at radius 3 is 3.25 bits per heavy atom. The molecule has 0 fully saturated rings. The van der Waals surface area contributed by atoms with Crippen LogP contribution in [0.3, 0.4) is 0 Å². The standard InChI is InChI=1S/C8H10N2O2/c11-8(12)4-6-5-10-3-1-2-7(10)9-6/h5H,1-4H2,(H,11,12). The second kappa shape index (κ2) is 2.62. The van der Waals surface area contributed by atoms with E-state index < -0.39 is 5.97 Å². The van der Waals surface area contributed by atoms with Crippen LogP contribution in [0.25, 0.3) is 0 Å². The summed E-state index contributed by atoms with van der Waals surface area (Å²) in [5, 5.41) is 8.51. The highest BCUT2D eigenvalue weighted by atomic mass is 16.4. The fourth-order valence-corrected chi connectivity index (χ4v) is 1.55. The lowest BCUT2D eigenvalue weighted by atomic mass is 10.3. The molecular formula is C8H10N2O2. The van der Waals surface area contributed by atoms with Crippen molar-refractivity contribution >= 4 is 5.97 Å². The fourth-order valence-electron chi connectivity index (χ4n) is 1.55. The highest BCUT2D eigenvalue weighted by Gasteiger charge is 2.14. The van der Waals surface area contributed by atoms with Gasteiger partial charge in [0, 0.05) is 19.2 Å². The van der Waals surface area contributed by atoms with E-state index in [4.69, 9.17) is 5.11 Å². The number of carboxylic acid groups (broad SMARTS) is 1. The Balaban J connectivity index is 2.20. The third-order valence-corrected chi connectivity index (χ3v) is 2.04. The zero-order valence-electron chi connectivity index (χ0n) is 6.66. The smallest absolute Gasteiger partial charge is 0.309 e. The van der Waals surface area contributed by atoms with Crippen LogP contribution < -0.4 is 0 Å². The zero-order chi connectivity index (χ0) is 8.55. The van der Waals surface area contributed by atoms with E-state index in [-0.39, 0.29) is 6.42 Å². The molecule has 0 atom stereocenters. The minimum atomic E-state index is -0.813. The van der Waals surface area contributed by atoms with E-state index in [1.165, 1.54) is 0 Å². The van der Waals surface area contributed by atoms with Crippen LogP contribution in [-0.4, -0.2) is 20.6 Å². The van der Waals surface area contributed by atoms with Gasteiger partial charge in [0.05, 0.1) is 12.1 Å². The van der Waals surface area contributed by atoms with Gasteiger partial charge >= 0.3 is 5.97 Å². The van der Waals surface area contributed by atoms with Crippen LogP contribution in [0.15, 0.2) is 6.20 Å². The second-order valence-corrected chi connectivity index (χ2v) is 3.02. The third-order valence-electron chi connectivity index (χ3n) is 2.04. The van der Waals surface area contributed by atoms with E-state index in [0.717, 1.165) is 25.2 Å². The minimum Gasteiger partial charge on any atom is -0.481 e. The van der Waals surface area contributed by atoms with Gasteiger partial charge in [-0.15, -0.1) is 0 Å². The van der Waals surface area contributed by atoms with Gasteiger partial charge in [-0.05, 0) is 6.42 Å². The summed E-state index contributed by atoms with van der Waals surface area (Å²) in [7, 11) is 0. The molecule has 1 aromatic heterocycles. The molecule has 0 radical (unpaired) electrons. The molecule has 2 rings (SSSR count). The number of aryl methyl sites for hydroxylation is 2. The maximum atomic E-state index is 10.3. The van der Waals surface area contributed by atoms with Gasteiger partial charge in [0.15, 0.2) is 0 Å². The Bertz CT molecular complexity index is 295. The molecule has 1 N–H and O–H groups in total. The van der Waals surface area contributed by atoms with Crippen LogP contribution in [0.4, 0.5) is 0 Å². The molecule has 0 aliphatic carbocycles. The van der Waals surface area contributed by atoms with Crippen molar-refractivity contribution < 1.29 is 9.90 Å². The lowest BCUT2D eigenvalue weighted by molar-refractivity contribution is -0.136. The first-order valence-corrected chi connectivity index (χ1v) is 4.02. The first-order chi connectivity index (χ1) is 5.75. The van der Waals surface area contributed by atoms with E-state index in [0.29, 0.717) is 5.69 Å². The number of carbonyl (C=O) groups is 1. The van der Waals surface area contributed by atoms with E-state index in [1.54, 1.807) is 0 Å². The maximum absolute atomic E-state index is 10.3. The predicted octanol–water partition coefficient (Wildman–Crippen LogP) is 0.456. The number of fused-ring (bicyclic) bond motifs is 1. The van der Waals surface area contributed by atoms with Crippen molar-refractivity contribution in [2.45, 2.75) is 25.8 Å². The first kappa shape index (κ1) is 7.34. The van der Waals surface area contributed by atoms with Crippen LogP contribution in [-0.2, 0) is 24.2 Å². The van der Waals surface area contributed by atoms with E-state index in [2.05, 4.69) is 4.98 Å². The fraction of sp³-hybridized carbons (Fsp3) is 0.500. The number of imidazole rings is 1. The highest BCUT2D eigenvalue weighted by molar-refractivity contribution is 5.69. The Kier molecular flexibility index (Phi) is 1.60. The molecule has 0 saturated carbocycles. The Morgan fingerprint density at radius 2 is 2.58 bits per heavy atom. The number of rotatable bonds is 2. The quantitative estimate of drug-likeness (QED) is 0.694. The summed E-state index contributed by atoms with van der Waals surface area (Å²) in [4.78, 5) is 14.6. The highest BCUT2D eigenvalue weighted by Crippen LogP contribution is 2.14. The van der Waals surface area contributed by atoms with Crippen molar-refractivity contribution in [3.63, 3.8) is 0 Å². The van der Waals surface area contributed by atoms with Crippen LogP contribution >= 0.6 is 0 Å². The average molecular weight is 166 g/mol. The van der Waals surface area contributed by atoms with Gasteiger partial charge in [0.25, 0.3) is 0 Å². The summed E-state index contributed by atoms with van der Waals surface area (Å²) in [6.45, 7) is 0.988. The molecular weight excluding hydrogens is 156 g/mol. The number of hydrogen-bond donors (Lipinski definition) is 1. The first-order valence-electron chi connectivity index (χ1n) is 4.02. The number of aromatic nitrogens is 2. The van der Waals surface area contributed by atoms with Crippen molar-refractivity contribution in [1.29, 1.82) is 0 Å². The van der Waals surface area contributed by atoms with Crippen molar-refractivity contribution in [1.82, 2.24) is 9.55 Å². The molecule has 0 bridgehead atoms. The summed E-state index contributed by atoms with van der Waals surface area (Å²) < 4.78 is 2.04. The van der Waals surface area contributed by atoms with E-state index in [1.807, 2.05) is 10.8 Å². The molecule has 4 nitrogen and oxygen atoms in total. The topological polar surface area (TPSA) is 55.1 Å². The van der Waals surface area contributed by atoms with Gasteiger partial charge in [-0.3, -0.25) is 4.79 Å². The lowest BCUT2D eigenvalue weighted by Crippen LogP contribution is -2.00. The summed E-state index contributed by atoms with van der Waals surface area (Å²) in [6, 6.07) is 0. The van der Waals surface area contributed by atoms with Gasteiger partial charge in [-0.2, -0.15) is 0 Å². The third kappa shape index (κ3) is 1.20. The SMILES string of the molecule is O=C(O)Cc1cn2c(n1)CCC2. The monoisotopic (exact) mass is 166 g/mol. The lowest BCUT2D eigenvalue weighted by Gasteiger charge is -1.90. The molecule has 0 saturated heterocycles. The Morgan fingerprint density at radius 1 is 1.75 bits per heavy atom. The molecule has 1 aliphatic heterocycles. The Labute approximate surface area is 69.8 Å². The average Bonchev–Trinajstić information content (AvgIpc) is 2.43. The second-order valence-electron chi connectivity index (χ2n) is 3.02. The van der Waals surface area contributed by atoms with Crippen LogP contribution in [0, 0.1) is 0 Å². The van der Waals surface area contributed by atoms with Crippen molar-refractivity contribution in [3.8, 4) is 0 Å². The van der Waals surface area contributed by atoms with Crippen LogP contribution in [0.5, 0.6) is 0 Å². The molecule has 0 aromatic carbocycles. The van der Waals surface area contributed by atoms with Crippen molar-refractivity contribution in [2.24, 2.45) is 0 Å². The molecule has 64 valence electrons. The van der Waals surface area contributed by atoms with Crippen LogP contribution in [0.1, 0.15) is 17.9 Å². The van der Waals surface area contributed by atoms with E-state index in [9.17, 15) is 4.79 Å². The van der Waals surface area contributed by atoms with Gasteiger partial charge in [-0.1, -0.05) is 0 Å². The van der Waals surface area contributed by atoms with Gasteiger partial charge < -0.3 is 9.67 Å². The summed E-state index contributed by atoms with van der Waals surface area (Å²) in [5.41, 5.74) is 0.678. The number of hydrogen-bond acceptors (Lipinski definition) is 2. The summed E-state index contributed by atoms with van der Waals surface area (Å²) in [6.07, 6.45) is 4.01. The summed E-state index contributed by atoms with van der Waals surface area (Å²) >= 11 is 0. The summed E-state index contributed by atoms with van der Waals surface area (Å²) in [5.74, 6) is 0.220. The number of carboxylic acids is 1. The molecule has 0 unspecified atom stereocenters. The zero-order valence-corrected chi connectivity index (χ0v) is 6.66. The molecule has 1 aliphatic rings. The van der Waals surface area contributed by atoms with Crippen molar-refractivity contribution in [3.05, 3.63) is 17.7 Å². The van der Waals surface area contributed by atoms with Gasteiger partial charge in [0.2, 0.25) is 0 Å². The normalized spacial score (nSPS) is 14.7. The predicted molar refractivity (Wildman–Crippen MR) is 41.9 cm³/mol. The molecule has 4 heteroatoms. The number of nitrogens with zero attached hydrogens (tertiary/aromatic N) is 2. The number of aliphatic carboxylic acids is 1. The van der Waals surface area contributed by atoms with Gasteiger partial charge in [-0.25, -0.2) is 4.98 Å². The molecule has 0 amide bonds. The molecule has 2 heterocycles. The molecule has 12 heavy (non-hydrogen) atoms. The molecule has 1 aromatic rings.